The molecule has 1 heterocycles. The summed E-state index contributed by atoms with van der Waals surface area (Å²) >= 11 is 0. The third-order valence-electron chi connectivity index (χ3n) is 2.91. The highest BCUT2D eigenvalue weighted by Gasteiger charge is 2.38. The molecule has 1 nitrogen and oxygen atoms in total. The van der Waals surface area contributed by atoms with Crippen molar-refractivity contribution in [3.05, 3.63) is 29.6 Å². The van der Waals surface area contributed by atoms with E-state index < -0.39 is 17.2 Å². The van der Waals surface area contributed by atoms with Crippen LogP contribution in [0.15, 0.2) is 18.3 Å². The van der Waals surface area contributed by atoms with Gasteiger partial charge in [0.2, 0.25) is 0 Å². The molecule has 0 aliphatic rings. The van der Waals surface area contributed by atoms with E-state index >= 15 is 0 Å². The van der Waals surface area contributed by atoms with E-state index in [4.69, 9.17) is 0 Å². The quantitative estimate of drug-likeness (QED) is 0.757. The molecule has 96 valence electrons. The van der Waals surface area contributed by atoms with E-state index in [1.54, 1.807) is 0 Å². The fourth-order valence-corrected chi connectivity index (χ4v) is 1.91. The van der Waals surface area contributed by atoms with Crippen molar-refractivity contribution in [3.8, 4) is 0 Å². The van der Waals surface area contributed by atoms with Crippen molar-refractivity contribution in [1.82, 2.24) is 4.98 Å². The summed E-state index contributed by atoms with van der Waals surface area (Å²) in [5.74, 6) is 0. The molecule has 0 saturated carbocycles. The average Bonchev–Trinajstić information content (AvgIpc) is 2.25. The van der Waals surface area contributed by atoms with E-state index in [1.165, 1.54) is 12.3 Å². The molecule has 0 atom stereocenters. The minimum absolute atomic E-state index is 0.154. The van der Waals surface area contributed by atoms with Gasteiger partial charge in [0.1, 0.15) is 0 Å². The largest absolute Gasteiger partial charge is 0.418 e. The molecule has 0 aromatic carbocycles. The Morgan fingerprint density at radius 3 is 2.41 bits per heavy atom. The van der Waals surface area contributed by atoms with E-state index in [-0.39, 0.29) is 5.69 Å². The van der Waals surface area contributed by atoms with Gasteiger partial charge in [0.15, 0.2) is 0 Å². The third kappa shape index (κ3) is 3.45. The minimum Gasteiger partial charge on any atom is -0.260 e. The smallest absolute Gasteiger partial charge is 0.260 e. The van der Waals surface area contributed by atoms with Crippen LogP contribution in [0.2, 0.25) is 0 Å². The van der Waals surface area contributed by atoms with Crippen molar-refractivity contribution >= 4 is 0 Å². The van der Waals surface area contributed by atoms with Gasteiger partial charge >= 0.3 is 6.18 Å². The molecule has 0 aliphatic heterocycles. The Kier molecular flexibility index (Phi) is 4.17. The van der Waals surface area contributed by atoms with Gasteiger partial charge in [0.05, 0.1) is 11.3 Å². The van der Waals surface area contributed by atoms with E-state index in [2.05, 4.69) is 4.98 Å². The lowest BCUT2D eigenvalue weighted by molar-refractivity contribution is -0.139. The van der Waals surface area contributed by atoms with Gasteiger partial charge in [0.25, 0.3) is 0 Å². The molecule has 0 radical (unpaired) electrons. The Labute approximate surface area is 100 Å². The van der Waals surface area contributed by atoms with Crippen LogP contribution < -0.4 is 0 Å². The molecule has 0 saturated heterocycles. The summed E-state index contributed by atoms with van der Waals surface area (Å²) in [6.45, 7) is 5.67. The molecule has 0 amide bonds. The maximum Gasteiger partial charge on any atom is 0.418 e. The van der Waals surface area contributed by atoms with Crippen molar-refractivity contribution in [3.63, 3.8) is 0 Å². The van der Waals surface area contributed by atoms with Crippen molar-refractivity contribution in [2.45, 2.75) is 51.6 Å². The van der Waals surface area contributed by atoms with Gasteiger partial charge in [-0.3, -0.25) is 4.98 Å². The predicted molar refractivity (Wildman–Crippen MR) is 61.8 cm³/mol. The molecular weight excluding hydrogens is 227 g/mol. The molecule has 1 aromatic heterocycles. The molecule has 4 heteroatoms. The van der Waals surface area contributed by atoms with Gasteiger partial charge in [-0.05, 0) is 18.6 Å². The second kappa shape index (κ2) is 5.07. The van der Waals surface area contributed by atoms with Gasteiger partial charge < -0.3 is 0 Å². The second-order valence-electron chi connectivity index (χ2n) is 4.88. The maximum atomic E-state index is 12.9. The average molecular weight is 245 g/mol. The molecule has 1 rings (SSSR count). The Hall–Kier alpha value is -1.06. The number of rotatable bonds is 4. The lowest BCUT2D eigenvalue weighted by Gasteiger charge is -2.27. The summed E-state index contributed by atoms with van der Waals surface area (Å²) < 4.78 is 38.6. The van der Waals surface area contributed by atoms with Gasteiger partial charge in [-0.2, -0.15) is 13.2 Å². The van der Waals surface area contributed by atoms with Crippen LogP contribution in [0.1, 0.15) is 51.3 Å². The Balaban J connectivity index is 3.13. The summed E-state index contributed by atoms with van der Waals surface area (Å²) in [6, 6.07) is 2.44. The number of pyridine rings is 1. The van der Waals surface area contributed by atoms with E-state index in [0.717, 1.165) is 18.9 Å². The summed E-state index contributed by atoms with van der Waals surface area (Å²) in [6.07, 6.45) is -0.312. The summed E-state index contributed by atoms with van der Waals surface area (Å²) in [4.78, 5) is 3.95. The number of nitrogens with zero attached hydrogens (tertiary/aromatic N) is 1. The molecule has 0 N–H and O–H groups in total. The first kappa shape index (κ1) is 14.0. The van der Waals surface area contributed by atoms with Gasteiger partial charge in [-0.1, -0.05) is 33.6 Å². The van der Waals surface area contributed by atoms with Crippen molar-refractivity contribution in [2.24, 2.45) is 0 Å². The first-order valence-corrected chi connectivity index (χ1v) is 5.81. The summed E-state index contributed by atoms with van der Waals surface area (Å²) in [7, 11) is 0. The molecule has 0 bridgehead atoms. The van der Waals surface area contributed by atoms with Crippen LogP contribution in [0, 0.1) is 0 Å². The van der Waals surface area contributed by atoms with Crippen molar-refractivity contribution < 1.29 is 13.2 Å². The fraction of sp³-hybridized carbons (Fsp3) is 0.615. The van der Waals surface area contributed by atoms with E-state index in [9.17, 15) is 13.2 Å². The highest BCUT2D eigenvalue weighted by molar-refractivity contribution is 5.29. The Bertz CT molecular complexity index is 369. The van der Waals surface area contributed by atoms with Crippen LogP contribution >= 0.6 is 0 Å². The van der Waals surface area contributed by atoms with Gasteiger partial charge in [-0.25, -0.2) is 0 Å². The lowest BCUT2D eigenvalue weighted by atomic mass is 9.81. The number of hydrogen-bond donors (Lipinski definition) is 0. The van der Waals surface area contributed by atoms with Crippen LogP contribution in [0.25, 0.3) is 0 Å². The number of aromatic nitrogens is 1. The molecule has 0 unspecified atom stereocenters. The fourth-order valence-electron chi connectivity index (χ4n) is 1.91. The standard InChI is InChI=1S/C13H18F3N/c1-4-5-8-12(2,3)11-10(13(14,15)16)7-6-9-17-11/h6-7,9H,4-5,8H2,1-3H3. The highest BCUT2D eigenvalue weighted by atomic mass is 19.4. The van der Waals surface area contributed by atoms with E-state index in [1.807, 2.05) is 20.8 Å². The highest BCUT2D eigenvalue weighted by Crippen LogP contribution is 2.38. The number of halogens is 3. The number of alkyl halides is 3. The summed E-state index contributed by atoms with van der Waals surface area (Å²) in [5.41, 5.74) is -0.996. The number of hydrogen-bond acceptors (Lipinski definition) is 1. The van der Waals surface area contributed by atoms with Crippen LogP contribution in [0.4, 0.5) is 13.2 Å². The molecule has 17 heavy (non-hydrogen) atoms. The zero-order valence-electron chi connectivity index (χ0n) is 10.4. The minimum atomic E-state index is -4.33. The second-order valence-corrected chi connectivity index (χ2v) is 4.88. The zero-order chi connectivity index (χ0) is 13.1. The zero-order valence-corrected chi connectivity index (χ0v) is 10.4. The normalized spacial score (nSPS) is 12.8. The monoisotopic (exact) mass is 245 g/mol. The van der Waals surface area contributed by atoms with Crippen LogP contribution in [-0.4, -0.2) is 4.98 Å². The van der Waals surface area contributed by atoms with Crippen molar-refractivity contribution in [2.75, 3.05) is 0 Å². The maximum absolute atomic E-state index is 12.9. The van der Waals surface area contributed by atoms with Crippen LogP contribution in [0.5, 0.6) is 0 Å². The van der Waals surface area contributed by atoms with Crippen LogP contribution in [-0.2, 0) is 11.6 Å². The topological polar surface area (TPSA) is 12.9 Å². The van der Waals surface area contributed by atoms with Crippen LogP contribution in [0.3, 0.4) is 0 Å². The van der Waals surface area contributed by atoms with Crippen molar-refractivity contribution in [1.29, 1.82) is 0 Å². The van der Waals surface area contributed by atoms with Gasteiger partial charge in [-0.15, -0.1) is 0 Å². The first-order chi connectivity index (χ1) is 7.79. The Morgan fingerprint density at radius 2 is 1.88 bits per heavy atom. The SMILES string of the molecule is CCCCC(C)(C)c1ncccc1C(F)(F)F. The summed E-state index contributed by atoms with van der Waals surface area (Å²) in [5, 5.41) is 0. The first-order valence-electron chi connectivity index (χ1n) is 5.81. The van der Waals surface area contributed by atoms with E-state index in [0.29, 0.717) is 6.42 Å². The molecule has 0 spiro atoms. The molecule has 1 aromatic rings. The molecule has 0 fully saturated rings. The van der Waals surface area contributed by atoms with Gasteiger partial charge in [0, 0.05) is 11.6 Å². The predicted octanol–water partition coefficient (Wildman–Crippen LogP) is 4.57. The number of unbranched alkanes of at least 4 members (excludes halogenated alkanes) is 1. The molecular formula is C13H18F3N. The Morgan fingerprint density at radius 1 is 1.24 bits per heavy atom. The third-order valence-corrected chi connectivity index (χ3v) is 2.91. The lowest BCUT2D eigenvalue weighted by Crippen LogP contribution is -2.24. The molecule has 0 aliphatic carbocycles.